The first-order chi connectivity index (χ1) is 12.3. The monoisotopic (exact) mass is 373 g/mol. The summed E-state index contributed by atoms with van der Waals surface area (Å²) in [6.07, 6.45) is 2.62. The maximum absolute atomic E-state index is 4.55. The summed E-state index contributed by atoms with van der Waals surface area (Å²) in [4.78, 5) is 11.6. The molecule has 0 radical (unpaired) electrons. The van der Waals surface area contributed by atoms with Crippen LogP contribution in [0, 0.1) is 6.92 Å². The van der Waals surface area contributed by atoms with Crippen molar-refractivity contribution < 1.29 is 0 Å². The van der Waals surface area contributed by atoms with Crippen LogP contribution in [0.1, 0.15) is 24.2 Å². The Labute approximate surface area is 159 Å². The third kappa shape index (κ3) is 4.11. The zero-order chi connectivity index (χ0) is 17.1. The molecule has 3 heterocycles. The standard InChI is InChI=1S/C18H23N7.ClH/c1-14-20-17(19-9-12-24-10-5-6-11-24)16-18(21-14)25(23-22-16)13-15-7-3-2-4-8-15;/h2-4,7-8H,5-6,9-13H2,1H3,(H,19,20,21);1H. The molecule has 26 heavy (non-hydrogen) atoms. The Morgan fingerprint density at radius 3 is 2.62 bits per heavy atom. The van der Waals surface area contributed by atoms with Crippen molar-refractivity contribution in [2.45, 2.75) is 26.3 Å². The molecule has 1 fully saturated rings. The molecule has 1 N–H and O–H groups in total. The van der Waals surface area contributed by atoms with Gasteiger partial charge in [-0.1, -0.05) is 35.5 Å². The smallest absolute Gasteiger partial charge is 0.184 e. The van der Waals surface area contributed by atoms with Gasteiger partial charge in [0, 0.05) is 13.1 Å². The molecular formula is C18H24ClN7. The van der Waals surface area contributed by atoms with Crippen LogP contribution < -0.4 is 5.32 Å². The van der Waals surface area contributed by atoms with Gasteiger partial charge in [-0.15, -0.1) is 17.5 Å². The van der Waals surface area contributed by atoms with Gasteiger partial charge in [-0.3, -0.25) is 0 Å². The van der Waals surface area contributed by atoms with E-state index in [-0.39, 0.29) is 12.4 Å². The molecule has 2 aromatic heterocycles. The van der Waals surface area contributed by atoms with E-state index in [2.05, 4.69) is 42.6 Å². The Hall–Kier alpha value is -2.25. The molecule has 0 spiro atoms. The number of anilines is 1. The molecule has 0 atom stereocenters. The number of nitrogens with zero attached hydrogens (tertiary/aromatic N) is 6. The van der Waals surface area contributed by atoms with Crippen molar-refractivity contribution in [1.29, 1.82) is 0 Å². The van der Waals surface area contributed by atoms with Crippen LogP contribution in [-0.4, -0.2) is 56.0 Å². The van der Waals surface area contributed by atoms with Gasteiger partial charge in [-0.05, 0) is 38.4 Å². The topological polar surface area (TPSA) is 71.8 Å². The summed E-state index contributed by atoms with van der Waals surface area (Å²) >= 11 is 0. The molecule has 138 valence electrons. The lowest BCUT2D eigenvalue weighted by atomic mass is 10.2. The Balaban J connectivity index is 0.00000196. The summed E-state index contributed by atoms with van der Waals surface area (Å²) < 4.78 is 1.84. The van der Waals surface area contributed by atoms with E-state index in [1.165, 1.54) is 31.5 Å². The van der Waals surface area contributed by atoms with E-state index in [1.807, 2.05) is 29.8 Å². The van der Waals surface area contributed by atoms with Crippen LogP contribution in [-0.2, 0) is 6.54 Å². The summed E-state index contributed by atoms with van der Waals surface area (Å²) in [5.41, 5.74) is 2.69. The molecule has 1 saturated heterocycles. The summed E-state index contributed by atoms with van der Waals surface area (Å²) in [5, 5.41) is 12.0. The number of nitrogens with one attached hydrogen (secondary N) is 1. The summed E-state index contributed by atoms with van der Waals surface area (Å²) in [6, 6.07) is 10.2. The number of rotatable bonds is 6. The fourth-order valence-electron chi connectivity index (χ4n) is 3.29. The van der Waals surface area contributed by atoms with Crippen LogP contribution in [0.5, 0.6) is 0 Å². The number of aryl methyl sites for hydroxylation is 1. The number of aromatic nitrogens is 5. The molecule has 1 aliphatic rings. The van der Waals surface area contributed by atoms with Gasteiger partial charge in [0.1, 0.15) is 5.82 Å². The molecule has 1 aliphatic heterocycles. The third-order valence-electron chi connectivity index (χ3n) is 4.57. The Bertz CT molecular complexity index is 843. The van der Waals surface area contributed by atoms with Crippen molar-refractivity contribution in [1.82, 2.24) is 29.9 Å². The molecule has 0 unspecified atom stereocenters. The van der Waals surface area contributed by atoms with Gasteiger partial charge in [0.25, 0.3) is 0 Å². The SMILES string of the molecule is Cc1nc(NCCN2CCCC2)c2nnn(Cc3ccccc3)c2n1.Cl. The largest absolute Gasteiger partial charge is 0.367 e. The predicted octanol–water partition coefficient (Wildman–Crippen LogP) is 2.51. The first kappa shape index (κ1) is 18.5. The van der Waals surface area contributed by atoms with E-state index in [0.29, 0.717) is 6.54 Å². The first-order valence-corrected chi connectivity index (χ1v) is 8.87. The predicted molar refractivity (Wildman–Crippen MR) is 105 cm³/mol. The minimum Gasteiger partial charge on any atom is -0.367 e. The third-order valence-corrected chi connectivity index (χ3v) is 4.57. The zero-order valence-corrected chi connectivity index (χ0v) is 15.7. The summed E-state index contributed by atoms with van der Waals surface area (Å²) in [6.45, 7) is 6.85. The van der Waals surface area contributed by atoms with Crippen molar-refractivity contribution in [2.24, 2.45) is 0 Å². The fraction of sp³-hybridized carbons (Fsp3) is 0.444. The average molecular weight is 374 g/mol. The summed E-state index contributed by atoms with van der Waals surface area (Å²) in [7, 11) is 0. The van der Waals surface area contributed by atoms with Crippen LogP contribution in [0.3, 0.4) is 0 Å². The number of benzene rings is 1. The van der Waals surface area contributed by atoms with E-state index in [4.69, 9.17) is 0 Å². The minimum atomic E-state index is 0. The van der Waals surface area contributed by atoms with Gasteiger partial charge in [0.2, 0.25) is 0 Å². The second-order valence-corrected chi connectivity index (χ2v) is 6.50. The van der Waals surface area contributed by atoms with Crippen molar-refractivity contribution in [3.8, 4) is 0 Å². The Kier molecular flexibility index (Phi) is 6.00. The fourth-order valence-corrected chi connectivity index (χ4v) is 3.29. The minimum absolute atomic E-state index is 0. The van der Waals surface area contributed by atoms with Crippen LogP contribution in [0.4, 0.5) is 5.82 Å². The van der Waals surface area contributed by atoms with Crippen molar-refractivity contribution in [3.05, 3.63) is 41.7 Å². The number of halogens is 1. The highest BCUT2D eigenvalue weighted by molar-refractivity contribution is 5.85. The second-order valence-electron chi connectivity index (χ2n) is 6.50. The van der Waals surface area contributed by atoms with E-state index in [1.54, 1.807) is 0 Å². The van der Waals surface area contributed by atoms with Crippen LogP contribution >= 0.6 is 12.4 Å². The van der Waals surface area contributed by atoms with E-state index in [0.717, 1.165) is 35.9 Å². The van der Waals surface area contributed by atoms with E-state index >= 15 is 0 Å². The molecule has 0 amide bonds. The van der Waals surface area contributed by atoms with E-state index < -0.39 is 0 Å². The van der Waals surface area contributed by atoms with Gasteiger partial charge < -0.3 is 10.2 Å². The highest BCUT2D eigenvalue weighted by Crippen LogP contribution is 2.18. The van der Waals surface area contributed by atoms with Crippen LogP contribution in [0.15, 0.2) is 30.3 Å². The number of hydrogen-bond donors (Lipinski definition) is 1. The van der Waals surface area contributed by atoms with Gasteiger partial charge in [-0.25, -0.2) is 14.6 Å². The number of hydrogen-bond acceptors (Lipinski definition) is 6. The Morgan fingerprint density at radius 1 is 1.08 bits per heavy atom. The molecule has 8 heteroatoms. The molecule has 0 bridgehead atoms. The number of fused-ring (bicyclic) bond motifs is 1. The van der Waals surface area contributed by atoms with Gasteiger partial charge in [0.05, 0.1) is 6.54 Å². The van der Waals surface area contributed by atoms with Crippen molar-refractivity contribution >= 4 is 29.4 Å². The summed E-state index contributed by atoms with van der Waals surface area (Å²) in [5.74, 6) is 1.51. The van der Waals surface area contributed by atoms with Crippen molar-refractivity contribution in [2.75, 3.05) is 31.5 Å². The average Bonchev–Trinajstić information content (AvgIpc) is 3.26. The zero-order valence-electron chi connectivity index (χ0n) is 14.9. The van der Waals surface area contributed by atoms with E-state index in [9.17, 15) is 0 Å². The lowest BCUT2D eigenvalue weighted by Gasteiger charge is -2.15. The maximum atomic E-state index is 4.55. The molecule has 0 saturated carbocycles. The Morgan fingerprint density at radius 2 is 1.85 bits per heavy atom. The van der Waals surface area contributed by atoms with Gasteiger partial charge in [0.15, 0.2) is 17.0 Å². The lowest BCUT2D eigenvalue weighted by Crippen LogP contribution is -2.26. The highest BCUT2D eigenvalue weighted by atomic mass is 35.5. The molecule has 1 aromatic carbocycles. The molecule has 3 aromatic rings. The lowest BCUT2D eigenvalue weighted by molar-refractivity contribution is 0.352. The number of likely N-dealkylation sites (tertiary alicyclic amines) is 1. The normalized spacial score (nSPS) is 14.5. The molecule has 0 aliphatic carbocycles. The van der Waals surface area contributed by atoms with Crippen molar-refractivity contribution in [3.63, 3.8) is 0 Å². The first-order valence-electron chi connectivity index (χ1n) is 8.87. The highest BCUT2D eigenvalue weighted by Gasteiger charge is 2.15. The molecule has 4 rings (SSSR count). The van der Waals surface area contributed by atoms with Crippen LogP contribution in [0.25, 0.3) is 11.2 Å². The van der Waals surface area contributed by atoms with Gasteiger partial charge in [-0.2, -0.15) is 0 Å². The molecular weight excluding hydrogens is 350 g/mol. The maximum Gasteiger partial charge on any atom is 0.184 e. The quantitative estimate of drug-likeness (QED) is 0.715. The van der Waals surface area contributed by atoms with Crippen LogP contribution in [0.2, 0.25) is 0 Å². The van der Waals surface area contributed by atoms with Gasteiger partial charge >= 0.3 is 0 Å². The second kappa shape index (κ2) is 8.42. The molecule has 7 nitrogen and oxygen atoms in total.